The van der Waals surface area contributed by atoms with Gasteiger partial charge in [-0.3, -0.25) is 4.79 Å². The van der Waals surface area contributed by atoms with Crippen molar-refractivity contribution in [1.82, 2.24) is 5.32 Å². The van der Waals surface area contributed by atoms with Crippen LogP contribution in [0.15, 0.2) is 24.4 Å². The Morgan fingerprint density at radius 2 is 2.22 bits per heavy atom. The van der Waals surface area contributed by atoms with Crippen molar-refractivity contribution in [3.05, 3.63) is 24.4 Å². The van der Waals surface area contributed by atoms with E-state index in [1.165, 1.54) is 13.0 Å². The molecule has 0 aromatic carbocycles. The summed E-state index contributed by atoms with van der Waals surface area (Å²) in [5.74, 6) is 0.0272. The van der Waals surface area contributed by atoms with Crippen LogP contribution >= 0.6 is 0 Å². The minimum Gasteiger partial charge on any atom is -0.393 e. The minimum absolute atomic E-state index is 0.0272. The largest absolute Gasteiger partial charge is 0.393 e. The average molecular weight is 125 g/mol. The lowest BCUT2D eigenvalue weighted by molar-refractivity contribution is -0.113. The molecular weight excluding hydrogens is 114 g/mol. The molecule has 0 fully saturated rings. The molecule has 0 amide bonds. The molecular formula is C7H11NO. The molecule has 0 atom stereocenters. The van der Waals surface area contributed by atoms with Crippen LogP contribution in [-0.2, 0) is 4.79 Å². The molecule has 0 aliphatic rings. The Morgan fingerprint density at radius 3 is 2.33 bits per heavy atom. The fourth-order valence-corrected chi connectivity index (χ4v) is 0.460. The first-order valence-electron chi connectivity index (χ1n) is 2.73. The standard InChI is InChI=1S/C7H11NO/c1-4-7(5-8-3)6(2)9/h4-5,8H,1H2,2-3H3/b7-5+. The van der Waals surface area contributed by atoms with E-state index in [-0.39, 0.29) is 5.78 Å². The zero-order chi connectivity index (χ0) is 7.28. The molecule has 0 aliphatic carbocycles. The van der Waals surface area contributed by atoms with Gasteiger partial charge in [-0.2, -0.15) is 0 Å². The highest BCUT2D eigenvalue weighted by atomic mass is 16.1. The number of carbonyl (C=O) groups excluding carboxylic acids is 1. The Balaban J connectivity index is 4.14. The molecule has 0 spiro atoms. The number of nitrogens with one attached hydrogen (secondary N) is 1. The van der Waals surface area contributed by atoms with E-state index in [2.05, 4.69) is 11.9 Å². The van der Waals surface area contributed by atoms with Crippen LogP contribution in [0.2, 0.25) is 0 Å². The molecule has 0 rings (SSSR count). The summed E-state index contributed by atoms with van der Waals surface area (Å²) in [6, 6.07) is 0. The Kier molecular flexibility index (Phi) is 3.44. The van der Waals surface area contributed by atoms with E-state index in [0.717, 1.165) is 0 Å². The highest BCUT2D eigenvalue weighted by Gasteiger charge is 1.94. The summed E-state index contributed by atoms with van der Waals surface area (Å²) in [5.41, 5.74) is 0.609. The summed E-state index contributed by atoms with van der Waals surface area (Å²) in [6.45, 7) is 4.98. The number of rotatable bonds is 3. The first-order chi connectivity index (χ1) is 4.22. The predicted molar refractivity (Wildman–Crippen MR) is 38.0 cm³/mol. The maximum absolute atomic E-state index is 10.6. The summed E-state index contributed by atoms with van der Waals surface area (Å²) in [6.07, 6.45) is 3.15. The lowest BCUT2D eigenvalue weighted by atomic mass is 10.2. The minimum atomic E-state index is 0.0272. The molecule has 1 N–H and O–H groups in total. The van der Waals surface area contributed by atoms with Crippen LogP contribution in [0.25, 0.3) is 0 Å². The van der Waals surface area contributed by atoms with E-state index in [9.17, 15) is 4.79 Å². The first-order valence-corrected chi connectivity index (χ1v) is 2.73. The quantitative estimate of drug-likeness (QED) is 0.448. The van der Waals surface area contributed by atoms with E-state index in [0.29, 0.717) is 5.57 Å². The molecule has 0 aliphatic heterocycles. The normalized spacial score (nSPS) is 10.7. The zero-order valence-corrected chi connectivity index (χ0v) is 5.77. The molecule has 0 radical (unpaired) electrons. The van der Waals surface area contributed by atoms with Crippen molar-refractivity contribution in [2.75, 3.05) is 7.05 Å². The van der Waals surface area contributed by atoms with Gasteiger partial charge < -0.3 is 5.32 Å². The number of hydrogen-bond donors (Lipinski definition) is 1. The summed E-state index contributed by atoms with van der Waals surface area (Å²) < 4.78 is 0. The third-order valence-corrected chi connectivity index (χ3v) is 0.926. The van der Waals surface area contributed by atoms with Crippen molar-refractivity contribution in [3.63, 3.8) is 0 Å². The highest BCUT2D eigenvalue weighted by molar-refractivity contribution is 5.95. The Bertz CT molecular complexity index is 147. The number of hydrogen-bond acceptors (Lipinski definition) is 2. The van der Waals surface area contributed by atoms with Crippen molar-refractivity contribution in [1.29, 1.82) is 0 Å². The van der Waals surface area contributed by atoms with Gasteiger partial charge in [0.25, 0.3) is 0 Å². The van der Waals surface area contributed by atoms with Crippen molar-refractivity contribution < 1.29 is 4.79 Å². The number of ketones is 1. The van der Waals surface area contributed by atoms with Crippen LogP contribution < -0.4 is 5.32 Å². The second-order valence-corrected chi connectivity index (χ2v) is 1.65. The van der Waals surface area contributed by atoms with E-state index in [1.54, 1.807) is 13.2 Å². The zero-order valence-electron chi connectivity index (χ0n) is 5.77. The summed E-state index contributed by atoms with van der Waals surface area (Å²) >= 11 is 0. The molecule has 50 valence electrons. The van der Waals surface area contributed by atoms with Crippen LogP contribution in [0.5, 0.6) is 0 Å². The fourth-order valence-electron chi connectivity index (χ4n) is 0.460. The van der Waals surface area contributed by atoms with Gasteiger partial charge >= 0.3 is 0 Å². The predicted octanol–water partition coefficient (Wildman–Crippen LogP) is 0.865. The van der Waals surface area contributed by atoms with Gasteiger partial charge in [0.2, 0.25) is 0 Å². The van der Waals surface area contributed by atoms with E-state index in [1.807, 2.05) is 0 Å². The van der Waals surface area contributed by atoms with Crippen LogP contribution in [0.3, 0.4) is 0 Å². The monoisotopic (exact) mass is 125 g/mol. The Hall–Kier alpha value is -1.05. The number of allylic oxidation sites excluding steroid dienone is 2. The van der Waals surface area contributed by atoms with Crippen LogP contribution in [0, 0.1) is 0 Å². The number of Topliss-reactive ketones (excluding diaryl/α,β-unsaturated/α-hetero) is 1. The van der Waals surface area contributed by atoms with E-state index >= 15 is 0 Å². The van der Waals surface area contributed by atoms with Crippen molar-refractivity contribution in [2.45, 2.75) is 6.92 Å². The van der Waals surface area contributed by atoms with Crippen LogP contribution in [0.4, 0.5) is 0 Å². The molecule has 0 unspecified atom stereocenters. The Labute approximate surface area is 55.3 Å². The van der Waals surface area contributed by atoms with Crippen LogP contribution in [0.1, 0.15) is 6.92 Å². The van der Waals surface area contributed by atoms with Crippen molar-refractivity contribution in [3.8, 4) is 0 Å². The van der Waals surface area contributed by atoms with Gasteiger partial charge in [-0.1, -0.05) is 12.7 Å². The van der Waals surface area contributed by atoms with Gasteiger partial charge in [-0.05, 0) is 6.92 Å². The van der Waals surface area contributed by atoms with Gasteiger partial charge in [0, 0.05) is 18.8 Å². The molecule has 0 aromatic heterocycles. The second kappa shape index (κ2) is 3.89. The van der Waals surface area contributed by atoms with Crippen molar-refractivity contribution >= 4 is 5.78 Å². The summed E-state index contributed by atoms with van der Waals surface area (Å²) in [7, 11) is 1.74. The van der Waals surface area contributed by atoms with Gasteiger partial charge in [0.15, 0.2) is 5.78 Å². The van der Waals surface area contributed by atoms with Gasteiger partial charge in [0.1, 0.15) is 0 Å². The third-order valence-electron chi connectivity index (χ3n) is 0.926. The topological polar surface area (TPSA) is 29.1 Å². The lowest BCUT2D eigenvalue weighted by Gasteiger charge is -1.92. The summed E-state index contributed by atoms with van der Waals surface area (Å²) in [5, 5.41) is 2.75. The first kappa shape index (κ1) is 7.95. The summed E-state index contributed by atoms with van der Waals surface area (Å²) in [4.78, 5) is 10.6. The molecule has 2 heteroatoms. The average Bonchev–Trinajstić information content (AvgIpc) is 1.82. The maximum atomic E-state index is 10.6. The lowest BCUT2D eigenvalue weighted by Crippen LogP contribution is -2.00. The second-order valence-electron chi connectivity index (χ2n) is 1.65. The van der Waals surface area contributed by atoms with Gasteiger partial charge in [-0.25, -0.2) is 0 Å². The SMILES string of the molecule is C=C/C(=C\NC)C(C)=O. The third kappa shape index (κ3) is 2.69. The molecule has 0 saturated heterocycles. The van der Waals surface area contributed by atoms with Gasteiger partial charge in [-0.15, -0.1) is 0 Å². The number of carbonyl (C=O) groups is 1. The molecule has 0 bridgehead atoms. The molecule has 0 heterocycles. The van der Waals surface area contributed by atoms with Crippen molar-refractivity contribution in [2.24, 2.45) is 0 Å². The molecule has 0 saturated carbocycles. The van der Waals surface area contributed by atoms with E-state index in [4.69, 9.17) is 0 Å². The maximum Gasteiger partial charge on any atom is 0.161 e. The van der Waals surface area contributed by atoms with Gasteiger partial charge in [0.05, 0.1) is 0 Å². The molecule has 0 aromatic rings. The molecule has 2 nitrogen and oxygen atoms in total. The Morgan fingerprint density at radius 1 is 1.67 bits per heavy atom. The smallest absolute Gasteiger partial charge is 0.161 e. The molecule has 9 heavy (non-hydrogen) atoms. The fraction of sp³-hybridized carbons (Fsp3) is 0.286. The van der Waals surface area contributed by atoms with E-state index < -0.39 is 0 Å². The van der Waals surface area contributed by atoms with Crippen LogP contribution in [-0.4, -0.2) is 12.8 Å². The highest BCUT2D eigenvalue weighted by Crippen LogP contribution is 1.93.